The van der Waals surface area contributed by atoms with Crippen molar-refractivity contribution in [2.75, 3.05) is 13.1 Å². The molecule has 1 saturated heterocycles. The topological polar surface area (TPSA) is 63.4 Å². The van der Waals surface area contributed by atoms with E-state index in [-0.39, 0.29) is 24.2 Å². The van der Waals surface area contributed by atoms with Crippen LogP contribution in [0.1, 0.15) is 52.7 Å². The van der Waals surface area contributed by atoms with Gasteiger partial charge in [0.25, 0.3) is 0 Å². The highest BCUT2D eigenvalue weighted by Crippen LogP contribution is 2.24. The van der Waals surface area contributed by atoms with Crippen molar-refractivity contribution in [1.82, 2.24) is 4.90 Å². The number of ketones is 1. The van der Waals surface area contributed by atoms with Crippen LogP contribution >= 0.6 is 11.3 Å². The highest BCUT2D eigenvalue weighted by molar-refractivity contribution is 7.12. The number of Topliss-reactive ketones (excluding diaryl/α,β-unsaturated/α-hetero) is 1. The number of rotatable bonds is 5. The molecule has 2 N–H and O–H groups in total. The summed E-state index contributed by atoms with van der Waals surface area (Å²) in [5, 5.41) is 0. The maximum absolute atomic E-state index is 12.4. The lowest BCUT2D eigenvalue weighted by Gasteiger charge is -2.38. The van der Waals surface area contributed by atoms with Gasteiger partial charge in [-0.1, -0.05) is 6.92 Å². The summed E-state index contributed by atoms with van der Waals surface area (Å²) in [5.74, 6) is 0.765. The molecule has 0 bridgehead atoms. The second-order valence-electron chi connectivity index (χ2n) is 6.36. The van der Waals surface area contributed by atoms with Crippen LogP contribution in [0.5, 0.6) is 0 Å². The van der Waals surface area contributed by atoms with Gasteiger partial charge in [-0.15, -0.1) is 11.3 Å². The van der Waals surface area contributed by atoms with Crippen molar-refractivity contribution in [2.24, 2.45) is 11.7 Å². The minimum absolute atomic E-state index is 0.0697. The summed E-state index contributed by atoms with van der Waals surface area (Å²) >= 11 is 1.63. The van der Waals surface area contributed by atoms with Gasteiger partial charge in [-0.05, 0) is 38.7 Å². The summed E-state index contributed by atoms with van der Waals surface area (Å²) < 4.78 is 0. The minimum atomic E-state index is 0.0697. The Hall–Kier alpha value is -1.20. The Bertz CT molecular complexity index is 553. The van der Waals surface area contributed by atoms with Crippen molar-refractivity contribution < 1.29 is 9.59 Å². The molecule has 122 valence electrons. The van der Waals surface area contributed by atoms with E-state index in [2.05, 4.69) is 6.92 Å². The highest BCUT2D eigenvalue weighted by Gasteiger charge is 2.29. The van der Waals surface area contributed by atoms with E-state index in [1.54, 1.807) is 11.3 Å². The standard InChI is InChI=1S/C17H26N2O2S/c1-11-6-7-19(14(8-11)10-18)17(21)5-4-16(20)15-9-12(2)22-13(15)3/h9,11,14H,4-8,10,18H2,1-3H3. The molecule has 0 aliphatic carbocycles. The Morgan fingerprint density at radius 2 is 2.09 bits per heavy atom. The van der Waals surface area contributed by atoms with Crippen molar-refractivity contribution in [3.05, 3.63) is 21.4 Å². The van der Waals surface area contributed by atoms with E-state index in [1.807, 2.05) is 24.8 Å². The molecule has 1 aromatic rings. The van der Waals surface area contributed by atoms with Gasteiger partial charge in [0, 0.05) is 47.3 Å². The van der Waals surface area contributed by atoms with E-state index >= 15 is 0 Å². The molecule has 2 heterocycles. The number of carbonyl (C=O) groups excluding carboxylic acids is 2. The maximum Gasteiger partial charge on any atom is 0.223 e. The molecule has 5 heteroatoms. The third kappa shape index (κ3) is 3.96. The Kier molecular flexibility index (Phi) is 5.75. The SMILES string of the molecule is Cc1cc(C(=O)CCC(=O)N2CCC(C)CC2CN)c(C)s1. The number of hydrogen-bond acceptors (Lipinski definition) is 4. The van der Waals surface area contributed by atoms with Gasteiger partial charge in [0.15, 0.2) is 5.78 Å². The Morgan fingerprint density at radius 1 is 1.36 bits per heavy atom. The molecule has 0 spiro atoms. The van der Waals surface area contributed by atoms with E-state index in [1.165, 1.54) is 0 Å². The number of carbonyl (C=O) groups is 2. The maximum atomic E-state index is 12.4. The number of aryl methyl sites for hydroxylation is 2. The largest absolute Gasteiger partial charge is 0.338 e. The van der Waals surface area contributed by atoms with Crippen LogP contribution in [0, 0.1) is 19.8 Å². The zero-order valence-electron chi connectivity index (χ0n) is 13.7. The van der Waals surface area contributed by atoms with Gasteiger partial charge in [-0.3, -0.25) is 9.59 Å². The Labute approximate surface area is 136 Å². The molecular formula is C17H26N2O2S. The van der Waals surface area contributed by atoms with Gasteiger partial charge in [0.05, 0.1) is 0 Å². The van der Waals surface area contributed by atoms with Crippen molar-refractivity contribution in [3.63, 3.8) is 0 Å². The zero-order chi connectivity index (χ0) is 16.3. The van der Waals surface area contributed by atoms with Gasteiger partial charge >= 0.3 is 0 Å². The van der Waals surface area contributed by atoms with E-state index in [9.17, 15) is 9.59 Å². The van der Waals surface area contributed by atoms with Crippen LogP contribution in [0.25, 0.3) is 0 Å². The predicted octanol–water partition coefficient (Wildman–Crippen LogP) is 2.91. The Balaban J connectivity index is 1.92. The van der Waals surface area contributed by atoms with E-state index < -0.39 is 0 Å². The van der Waals surface area contributed by atoms with Crippen LogP contribution in [0.2, 0.25) is 0 Å². The van der Waals surface area contributed by atoms with E-state index in [0.29, 0.717) is 18.9 Å². The fourth-order valence-corrected chi connectivity index (χ4v) is 4.15. The second kappa shape index (κ2) is 7.38. The lowest BCUT2D eigenvalue weighted by Crippen LogP contribution is -2.49. The quantitative estimate of drug-likeness (QED) is 0.848. The summed E-state index contributed by atoms with van der Waals surface area (Å²) in [6, 6.07) is 2.06. The third-order valence-corrected chi connectivity index (χ3v) is 5.44. The van der Waals surface area contributed by atoms with Crippen LogP contribution in [-0.4, -0.2) is 35.7 Å². The fourth-order valence-electron chi connectivity index (χ4n) is 3.21. The number of likely N-dealkylation sites (tertiary alicyclic amines) is 1. The van der Waals surface area contributed by atoms with Gasteiger partial charge in [-0.2, -0.15) is 0 Å². The molecule has 0 aromatic carbocycles. The molecule has 0 saturated carbocycles. The number of nitrogens with zero attached hydrogens (tertiary/aromatic N) is 1. The molecule has 22 heavy (non-hydrogen) atoms. The molecule has 4 nitrogen and oxygen atoms in total. The third-order valence-electron chi connectivity index (χ3n) is 4.48. The first-order chi connectivity index (χ1) is 10.4. The van der Waals surface area contributed by atoms with Crippen molar-refractivity contribution in [2.45, 2.75) is 52.5 Å². The van der Waals surface area contributed by atoms with Crippen LogP contribution in [-0.2, 0) is 4.79 Å². The normalized spacial score (nSPS) is 21.9. The van der Waals surface area contributed by atoms with Crippen LogP contribution in [0.3, 0.4) is 0 Å². The number of nitrogens with two attached hydrogens (primary N) is 1. The monoisotopic (exact) mass is 322 g/mol. The number of thiophene rings is 1. The molecule has 2 atom stereocenters. The zero-order valence-corrected chi connectivity index (χ0v) is 14.5. The summed E-state index contributed by atoms with van der Waals surface area (Å²) in [7, 11) is 0. The molecule has 1 fully saturated rings. The van der Waals surface area contributed by atoms with Gasteiger partial charge in [0.2, 0.25) is 5.91 Å². The Morgan fingerprint density at radius 3 is 2.68 bits per heavy atom. The van der Waals surface area contributed by atoms with E-state index in [4.69, 9.17) is 5.73 Å². The lowest BCUT2D eigenvalue weighted by atomic mass is 9.92. The number of amides is 1. The molecule has 2 unspecified atom stereocenters. The number of hydrogen-bond donors (Lipinski definition) is 1. The first kappa shape index (κ1) is 17.2. The molecule has 2 rings (SSSR count). The molecule has 1 amide bonds. The van der Waals surface area contributed by atoms with Crippen LogP contribution in [0.15, 0.2) is 6.07 Å². The second-order valence-corrected chi connectivity index (χ2v) is 7.82. The highest BCUT2D eigenvalue weighted by atomic mass is 32.1. The summed E-state index contributed by atoms with van der Waals surface area (Å²) in [4.78, 5) is 28.8. The summed E-state index contributed by atoms with van der Waals surface area (Å²) in [5.41, 5.74) is 6.58. The first-order valence-corrected chi connectivity index (χ1v) is 8.83. The molecule has 0 radical (unpaired) electrons. The van der Waals surface area contributed by atoms with Crippen LogP contribution in [0.4, 0.5) is 0 Å². The molecule has 1 aliphatic rings. The summed E-state index contributed by atoms with van der Waals surface area (Å²) in [6.07, 6.45) is 2.58. The van der Waals surface area contributed by atoms with Crippen molar-refractivity contribution >= 4 is 23.0 Å². The predicted molar refractivity (Wildman–Crippen MR) is 90.3 cm³/mol. The molecule has 1 aliphatic heterocycles. The van der Waals surface area contributed by atoms with Gasteiger partial charge in [-0.25, -0.2) is 0 Å². The lowest BCUT2D eigenvalue weighted by molar-refractivity contribution is -0.135. The smallest absolute Gasteiger partial charge is 0.223 e. The van der Waals surface area contributed by atoms with Crippen molar-refractivity contribution in [1.29, 1.82) is 0 Å². The van der Waals surface area contributed by atoms with Gasteiger partial charge in [0.1, 0.15) is 0 Å². The average molecular weight is 322 g/mol. The molecule has 1 aromatic heterocycles. The van der Waals surface area contributed by atoms with Crippen LogP contribution < -0.4 is 5.73 Å². The summed E-state index contributed by atoms with van der Waals surface area (Å²) in [6.45, 7) is 7.44. The molecular weight excluding hydrogens is 296 g/mol. The minimum Gasteiger partial charge on any atom is -0.338 e. The average Bonchev–Trinajstić information content (AvgIpc) is 2.83. The van der Waals surface area contributed by atoms with E-state index in [0.717, 1.165) is 34.7 Å². The van der Waals surface area contributed by atoms with Gasteiger partial charge < -0.3 is 10.6 Å². The van der Waals surface area contributed by atoms with Crippen molar-refractivity contribution in [3.8, 4) is 0 Å². The fraction of sp³-hybridized carbons (Fsp3) is 0.647. The number of piperidine rings is 1. The first-order valence-electron chi connectivity index (χ1n) is 8.02.